The number of pyridine rings is 1. The maximum atomic E-state index is 11.6. The van der Waals surface area contributed by atoms with Gasteiger partial charge in [-0.2, -0.15) is 0 Å². The second-order valence-corrected chi connectivity index (χ2v) is 2.07. The number of hydrogen-bond donors (Lipinski definition) is 0. The molecule has 0 aliphatic heterocycles. The van der Waals surface area contributed by atoms with Crippen molar-refractivity contribution in [2.45, 2.75) is 6.36 Å². The minimum atomic E-state index is -4.78. The molecule has 0 bridgehead atoms. The molecule has 0 radical (unpaired) electrons. The van der Waals surface area contributed by atoms with Crippen LogP contribution in [0, 0.1) is 0 Å². The van der Waals surface area contributed by atoms with Crippen LogP contribution in [0.3, 0.4) is 0 Å². The van der Waals surface area contributed by atoms with E-state index in [0.717, 1.165) is 6.07 Å². The quantitative estimate of drug-likeness (QED) is 0.669. The molecule has 0 saturated heterocycles. The molecule has 0 aliphatic carbocycles. The summed E-state index contributed by atoms with van der Waals surface area (Å²) >= 11 is 0. The van der Waals surface area contributed by atoms with Crippen LogP contribution in [0.25, 0.3) is 0 Å². The highest BCUT2D eigenvalue weighted by Crippen LogP contribution is 2.20. The van der Waals surface area contributed by atoms with Crippen LogP contribution in [0.1, 0.15) is 10.5 Å². The Bertz CT molecular complexity index is 311. The summed E-state index contributed by atoms with van der Waals surface area (Å²) in [5.41, 5.74) is -0.109. The normalized spacial score (nSPS) is 11.0. The first-order valence-corrected chi connectivity index (χ1v) is 3.19. The number of halogens is 3. The second-order valence-electron chi connectivity index (χ2n) is 2.07. The van der Waals surface area contributed by atoms with Crippen molar-refractivity contribution < 1.29 is 22.7 Å². The minimum Gasteiger partial charge on any atom is -0.388 e. The lowest BCUT2D eigenvalue weighted by atomic mass is 10.4. The van der Waals surface area contributed by atoms with Crippen LogP contribution in [0.4, 0.5) is 13.2 Å². The van der Waals surface area contributed by atoms with Gasteiger partial charge in [-0.1, -0.05) is 6.07 Å². The van der Waals surface area contributed by atoms with Crippen molar-refractivity contribution in [3.05, 3.63) is 23.9 Å². The number of ether oxygens (including phenoxy) is 1. The highest BCUT2D eigenvalue weighted by molar-refractivity contribution is 5.71. The first-order valence-electron chi connectivity index (χ1n) is 3.19. The topological polar surface area (TPSA) is 39.2 Å². The molecule has 0 N–H and O–H groups in total. The smallest absolute Gasteiger partial charge is 0.388 e. The van der Waals surface area contributed by atoms with E-state index in [4.69, 9.17) is 0 Å². The zero-order chi connectivity index (χ0) is 9.90. The fraction of sp³-hybridized carbons (Fsp3) is 0.143. The summed E-state index contributed by atoms with van der Waals surface area (Å²) in [4.78, 5) is 13.4. The zero-order valence-corrected chi connectivity index (χ0v) is 6.21. The Kier molecular flexibility index (Phi) is 2.50. The Hall–Kier alpha value is -1.59. The van der Waals surface area contributed by atoms with Crippen molar-refractivity contribution in [1.82, 2.24) is 4.98 Å². The summed E-state index contributed by atoms with van der Waals surface area (Å²) < 4.78 is 38.4. The predicted molar refractivity (Wildman–Crippen MR) is 36.3 cm³/mol. The molecule has 6 heteroatoms. The van der Waals surface area contributed by atoms with E-state index < -0.39 is 12.2 Å². The Morgan fingerprint density at radius 2 is 2.08 bits per heavy atom. The summed E-state index contributed by atoms with van der Waals surface area (Å²) in [5.74, 6) is -0.642. The largest absolute Gasteiger partial charge is 0.574 e. The van der Waals surface area contributed by atoms with Crippen molar-refractivity contribution in [3.8, 4) is 5.88 Å². The highest BCUT2D eigenvalue weighted by Gasteiger charge is 2.31. The third kappa shape index (κ3) is 3.10. The van der Waals surface area contributed by atoms with Crippen molar-refractivity contribution in [1.29, 1.82) is 0 Å². The van der Waals surface area contributed by atoms with E-state index in [1.54, 1.807) is 0 Å². The summed E-state index contributed by atoms with van der Waals surface area (Å²) in [5, 5.41) is 0. The molecule has 1 aromatic heterocycles. The number of carbonyl (C=O) groups excluding carboxylic acids is 1. The lowest BCUT2D eigenvalue weighted by Gasteiger charge is -2.06. The standard InChI is InChI=1S/C7H4F3NO2/c8-7(9,10)13-6-3-1-2-5(4-12)11-6/h1-4H. The number of aldehydes is 1. The maximum absolute atomic E-state index is 11.6. The van der Waals surface area contributed by atoms with Crippen molar-refractivity contribution >= 4 is 6.29 Å². The van der Waals surface area contributed by atoms with Gasteiger partial charge in [0, 0.05) is 6.07 Å². The van der Waals surface area contributed by atoms with Gasteiger partial charge in [0.25, 0.3) is 0 Å². The number of nitrogens with zero attached hydrogens (tertiary/aromatic N) is 1. The lowest BCUT2D eigenvalue weighted by Crippen LogP contribution is -2.18. The fourth-order valence-corrected chi connectivity index (χ4v) is 0.672. The average molecular weight is 191 g/mol. The van der Waals surface area contributed by atoms with Crippen molar-refractivity contribution in [2.75, 3.05) is 0 Å². The van der Waals surface area contributed by atoms with E-state index >= 15 is 0 Å². The molecule has 1 rings (SSSR count). The van der Waals surface area contributed by atoms with Gasteiger partial charge in [-0.25, -0.2) is 4.98 Å². The van der Waals surface area contributed by atoms with Crippen molar-refractivity contribution in [3.63, 3.8) is 0 Å². The molecule has 0 unspecified atom stereocenters. The predicted octanol–water partition coefficient (Wildman–Crippen LogP) is 1.79. The Morgan fingerprint density at radius 3 is 2.62 bits per heavy atom. The molecule has 0 atom stereocenters. The van der Waals surface area contributed by atoms with Gasteiger partial charge in [0.05, 0.1) is 0 Å². The van der Waals surface area contributed by atoms with Gasteiger partial charge in [0.1, 0.15) is 5.69 Å². The van der Waals surface area contributed by atoms with Gasteiger partial charge < -0.3 is 4.74 Å². The van der Waals surface area contributed by atoms with E-state index in [9.17, 15) is 18.0 Å². The maximum Gasteiger partial charge on any atom is 0.574 e. The summed E-state index contributed by atoms with van der Waals surface area (Å²) in [6.07, 6.45) is -4.45. The molecule has 0 saturated carbocycles. The molecule has 0 fully saturated rings. The SMILES string of the molecule is O=Cc1cccc(OC(F)(F)F)n1. The minimum absolute atomic E-state index is 0.109. The van der Waals surface area contributed by atoms with E-state index in [2.05, 4.69) is 9.72 Å². The molecule has 1 heterocycles. The number of hydrogen-bond acceptors (Lipinski definition) is 3. The molecule has 0 aromatic carbocycles. The molecule has 0 aliphatic rings. The van der Waals surface area contributed by atoms with Crippen LogP contribution in [-0.2, 0) is 0 Å². The molecule has 70 valence electrons. The number of carbonyl (C=O) groups is 1. The third-order valence-corrected chi connectivity index (χ3v) is 1.09. The van der Waals surface area contributed by atoms with Gasteiger partial charge in [-0.15, -0.1) is 13.2 Å². The molecule has 0 amide bonds. The van der Waals surface area contributed by atoms with Crippen LogP contribution in [-0.4, -0.2) is 17.6 Å². The molecular weight excluding hydrogens is 187 g/mol. The molecule has 13 heavy (non-hydrogen) atoms. The van der Waals surface area contributed by atoms with Gasteiger partial charge in [0.15, 0.2) is 6.29 Å². The van der Waals surface area contributed by atoms with Gasteiger partial charge in [-0.3, -0.25) is 4.79 Å². The number of rotatable bonds is 2. The Balaban J connectivity index is 2.84. The van der Waals surface area contributed by atoms with Crippen LogP contribution in [0.5, 0.6) is 5.88 Å². The van der Waals surface area contributed by atoms with E-state index in [1.807, 2.05) is 0 Å². The Labute approximate surface area is 71.2 Å². The monoisotopic (exact) mass is 191 g/mol. The molecule has 3 nitrogen and oxygen atoms in total. The zero-order valence-electron chi connectivity index (χ0n) is 6.21. The van der Waals surface area contributed by atoms with Gasteiger partial charge >= 0.3 is 6.36 Å². The molecule has 1 aromatic rings. The second kappa shape index (κ2) is 3.42. The summed E-state index contributed by atoms with van der Waals surface area (Å²) in [6.45, 7) is 0. The van der Waals surface area contributed by atoms with Crippen LogP contribution in [0.2, 0.25) is 0 Å². The molecular formula is C7H4F3NO2. The molecule has 0 spiro atoms. The van der Waals surface area contributed by atoms with Gasteiger partial charge in [-0.05, 0) is 6.07 Å². The first kappa shape index (κ1) is 9.50. The van der Waals surface area contributed by atoms with E-state index in [-0.39, 0.29) is 5.69 Å². The third-order valence-electron chi connectivity index (χ3n) is 1.09. The van der Waals surface area contributed by atoms with Crippen LogP contribution >= 0.6 is 0 Å². The number of alkyl halides is 3. The lowest BCUT2D eigenvalue weighted by molar-refractivity contribution is -0.276. The van der Waals surface area contributed by atoms with Crippen LogP contribution < -0.4 is 4.74 Å². The van der Waals surface area contributed by atoms with Crippen molar-refractivity contribution in [2.24, 2.45) is 0 Å². The first-order chi connectivity index (χ1) is 6.01. The van der Waals surface area contributed by atoms with E-state index in [0.29, 0.717) is 6.29 Å². The summed E-state index contributed by atoms with van der Waals surface area (Å²) in [6, 6.07) is 3.54. The summed E-state index contributed by atoms with van der Waals surface area (Å²) in [7, 11) is 0. The average Bonchev–Trinajstić information content (AvgIpc) is 2.01. The van der Waals surface area contributed by atoms with E-state index in [1.165, 1.54) is 12.1 Å². The van der Waals surface area contributed by atoms with Gasteiger partial charge in [0.2, 0.25) is 5.88 Å². The fourth-order valence-electron chi connectivity index (χ4n) is 0.672. The highest BCUT2D eigenvalue weighted by atomic mass is 19.4. The number of aromatic nitrogens is 1. The Morgan fingerprint density at radius 1 is 1.38 bits per heavy atom. The van der Waals surface area contributed by atoms with Crippen LogP contribution in [0.15, 0.2) is 18.2 Å².